The maximum Gasteiger partial charge on any atom is 0.0285 e. The van der Waals surface area contributed by atoms with Crippen LogP contribution in [-0.4, -0.2) is 13.6 Å². The molecule has 0 atom stereocenters. The van der Waals surface area contributed by atoms with Crippen LogP contribution in [0.2, 0.25) is 0 Å². The number of thiophene rings is 1. The molecule has 80 valence electrons. The third kappa shape index (κ3) is 4.11. The van der Waals surface area contributed by atoms with Gasteiger partial charge >= 0.3 is 0 Å². The molecule has 1 heterocycles. The second kappa shape index (κ2) is 5.29. The second-order valence-electron chi connectivity index (χ2n) is 4.43. The first kappa shape index (κ1) is 12.2. The molecule has 0 amide bonds. The number of rotatable bonds is 5. The lowest BCUT2D eigenvalue weighted by molar-refractivity contribution is 0.332. The highest BCUT2D eigenvalue weighted by Crippen LogP contribution is 2.30. The lowest BCUT2D eigenvalue weighted by Crippen LogP contribution is -2.21. The van der Waals surface area contributed by atoms with Gasteiger partial charge in [-0.25, -0.2) is 0 Å². The number of halogens is 1. The minimum absolute atomic E-state index is 0.396. The van der Waals surface area contributed by atoms with Gasteiger partial charge in [0.2, 0.25) is 0 Å². The predicted molar refractivity (Wildman–Crippen MR) is 68.0 cm³/mol. The fraction of sp³-hybridized carbons (Fsp3) is 0.636. The van der Waals surface area contributed by atoms with E-state index in [-0.39, 0.29) is 0 Å². The molecule has 1 N–H and O–H groups in total. The zero-order valence-electron chi connectivity index (χ0n) is 9.06. The lowest BCUT2D eigenvalue weighted by atomic mass is 9.85. The van der Waals surface area contributed by atoms with Crippen LogP contribution in [0.15, 0.2) is 15.9 Å². The van der Waals surface area contributed by atoms with Gasteiger partial charge < -0.3 is 5.32 Å². The Hall–Kier alpha value is 0.140. The molecular formula is C11H18BrNS. The Labute approximate surface area is 99.0 Å². The van der Waals surface area contributed by atoms with E-state index in [4.69, 9.17) is 0 Å². The quantitative estimate of drug-likeness (QED) is 0.865. The SMILES string of the molecule is CNCCC(C)(C)Cc1cc(Br)cs1. The first-order chi connectivity index (χ1) is 6.53. The molecule has 0 aliphatic carbocycles. The van der Waals surface area contributed by atoms with Crippen molar-refractivity contribution >= 4 is 27.3 Å². The molecular weight excluding hydrogens is 258 g/mol. The Morgan fingerprint density at radius 1 is 1.50 bits per heavy atom. The van der Waals surface area contributed by atoms with E-state index in [1.165, 1.54) is 22.2 Å². The average molecular weight is 276 g/mol. The van der Waals surface area contributed by atoms with Crippen molar-refractivity contribution in [3.63, 3.8) is 0 Å². The second-order valence-corrected chi connectivity index (χ2v) is 6.34. The van der Waals surface area contributed by atoms with Crippen molar-refractivity contribution in [1.29, 1.82) is 0 Å². The normalized spacial score (nSPS) is 12.0. The van der Waals surface area contributed by atoms with Crippen molar-refractivity contribution in [3.05, 3.63) is 20.8 Å². The Morgan fingerprint density at radius 2 is 2.21 bits per heavy atom. The molecule has 0 aliphatic rings. The molecule has 0 aromatic carbocycles. The van der Waals surface area contributed by atoms with Gasteiger partial charge in [-0.15, -0.1) is 11.3 Å². The Kier molecular flexibility index (Phi) is 4.61. The summed E-state index contributed by atoms with van der Waals surface area (Å²) in [7, 11) is 2.01. The fourth-order valence-electron chi connectivity index (χ4n) is 1.47. The molecule has 0 saturated carbocycles. The van der Waals surface area contributed by atoms with Gasteiger partial charge in [0.1, 0.15) is 0 Å². The van der Waals surface area contributed by atoms with Crippen LogP contribution in [0, 0.1) is 5.41 Å². The topological polar surface area (TPSA) is 12.0 Å². The van der Waals surface area contributed by atoms with Crippen LogP contribution in [0.5, 0.6) is 0 Å². The van der Waals surface area contributed by atoms with Crippen molar-refractivity contribution in [2.45, 2.75) is 26.7 Å². The zero-order chi connectivity index (χ0) is 10.6. The van der Waals surface area contributed by atoms with Gasteiger partial charge in [-0.2, -0.15) is 0 Å². The molecule has 1 rings (SSSR count). The molecule has 1 aromatic heterocycles. The lowest BCUT2D eigenvalue weighted by Gasteiger charge is -2.23. The smallest absolute Gasteiger partial charge is 0.0285 e. The van der Waals surface area contributed by atoms with Gasteiger partial charge in [-0.05, 0) is 53.8 Å². The Bertz CT molecular complexity index is 281. The van der Waals surface area contributed by atoms with Crippen LogP contribution in [0.3, 0.4) is 0 Å². The first-order valence-corrected chi connectivity index (χ1v) is 6.58. The van der Waals surface area contributed by atoms with Crippen molar-refractivity contribution in [3.8, 4) is 0 Å². The molecule has 0 radical (unpaired) electrons. The average Bonchev–Trinajstić information content (AvgIpc) is 2.47. The van der Waals surface area contributed by atoms with Crippen LogP contribution in [-0.2, 0) is 6.42 Å². The van der Waals surface area contributed by atoms with Crippen LogP contribution < -0.4 is 5.32 Å². The van der Waals surface area contributed by atoms with Crippen LogP contribution in [0.4, 0.5) is 0 Å². The van der Waals surface area contributed by atoms with Crippen molar-refractivity contribution in [2.75, 3.05) is 13.6 Å². The molecule has 0 bridgehead atoms. The van der Waals surface area contributed by atoms with Gasteiger partial charge in [-0.1, -0.05) is 13.8 Å². The Morgan fingerprint density at radius 3 is 2.71 bits per heavy atom. The van der Waals surface area contributed by atoms with Gasteiger partial charge in [0, 0.05) is 14.7 Å². The van der Waals surface area contributed by atoms with E-state index in [0.717, 1.165) is 6.54 Å². The third-order valence-corrected chi connectivity index (χ3v) is 4.02. The molecule has 0 aliphatic heterocycles. The summed E-state index contributed by atoms with van der Waals surface area (Å²) in [6, 6.07) is 2.23. The predicted octanol–water partition coefficient (Wildman–Crippen LogP) is 3.69. The molecule has 0 saturated heterocycles. The Balaban J connectivity index is 2.49. The monoisotopic (exact) mass is 275 g/mol. The highest BCUT2D eigenvalue weighted by atomic mass is 79.9. The maximum absolute atomic E-state index is 3.49. The van der Waals surface area contributed by atoms with E-state index in [1.807, 2.05) is 18.4 Å². The zero-order valence-corrected chi connectivity index (χ0v) is 11.5. The standard InChI is InChI=1S/C11H18BrNS/c1-11(2,4-5-13-3)7-10-6-9(12)8-14-10/h6,8,13H,4-5,7H2,1-3H3. The minimum Gasteiger partial charge on any atom is -0.320 e. The maximum atomic E-state index is 3.49. The van der Waals surface area contributed by atoms with Crippen molar-refractivity contribution < 1.29 is 0 Å². The van der Waals surface area contributed by atoms with Crippen molar-refractivity contribution in [2.24, 2.45) is 5.41 Å². The third-order valence-electron chi connectivity index (χ3n) is 2.33. The minimum atomic E-state index is 0.396. The summed E-state index contributed by atoms with van der Waals surface area (Å²) in [5.41, 5.74) is 0.396. The molecule has 0 fully saturated rings. The summed E-state index contributed by atoms with van der Waals surface area (Å²) >= 11 is 5.33. The number of hydrogen-bond acceptors (Lipinski definition) is 2. The number of nitrogens with one attached hydrogen (secondary N) is 1. The van der Waals surface area contributed by atoms with E-state index < -0.39 is 0 Å². The van der Waals surface area contributed by atoms with E-state index in [0.29, 0.717) is 5.41 Å². The van der Waals surface area contributed by atoms with Crippen LogP contribution >= 0.6 is 27.3 Å². The molecule has 1 aromatic rings. The van der Waals surface area contributed by atoms with Gasteiger partial charge in [0.25, 0.3) is 0 Å². The van der Waals surface area contributed by atoms with Gasteiger partial charge in [0.15, 0.2) is 0 Å². The molecule has 14 heavy (non-hydrogen) atoms. The highest BCUT2D eigenvalue weighted by Gasteiger charge is 2.18. The van der Waals surface area contributed by atoms with E-state index in [1.54, 1.807) is 0 Å². The van der Waals surface area contributed by atoms with Gasteiger partial charge in [0.05, 0.1) is 0 Å². The van der Waals surface area contributed by atoms with Crippen LogP contribution in [0.1, 0.15) is 25.1 Å². The molecule has 1 nitrogen and oxygen atoms in total. The summed E-state index contributed by atoms with van der Waals surface area (Å²) in [5.74, 6) is 0. The molecule has 3 heteroatoms. The van der Waals surface area contributed by atoms with E-state index in [2.05, 4.69) is 46.5 Å². The van der Waals surface area contributed by atoms with Crippen molar-refractivity contribution in [1.82, 2.24) is 5.32 Å². The summed E-state index contributed by atoms with van der Waals surface area (Å²) in [6.45, 7) is 5.76. The van der Waals surface area contributed by atoms with E-state index in [9.17, 15) is 0 Å². The van der Waals surface area contributed by atoms with Gasteiger partial charge in [-0.3, -0.25) is 0 Å². The van der Waals surface area contributed by atoms with Crippen LogP contribution in [0.25, 0.3) is 0 Å². The first-order valence-electron chi connectivity index (χ1n) is 4.91. The molecule has 0 unspecified atom stereocenters. The summed E-state index contributed by atoms with van der Waals surface area (Å²) in [4.78, 5) is 1.47. The molecule has 0 spiro atoms. The highest BCUT2D eigenvalue weighted by molar-refractivity contribution is 9.10. The fourth-order valence-corrected chi connectivity index (χ4v) is 3.18. The number of hydrogen-bond donors (Lipinski definition) is 1. The van der Waals surface area contributed by atoms with E-state index >= 15 is 0 Å². The largest absolute Gasteiger partial charge is 0.320 e. The summed E-state index contributed by atoms with van der Waals surface area (Å²) in [5, 5.41) is 5.37. The summed E-state index contributed by atoms with van der Waals surface area (Å²) < 4.78 is 1.21. The summed E-state index contributed by atoms with van der Waals surface area (Å²) in [6.07, 6.45) is 2.39.